The van der Waals surface area contributed by atoms with E-state index in [0.29, 0.717) is 22.0 Å². The average molecular weight is 712 g/mol. The van der Waals surface area contributed by atoms with Crippen LogP contribution in [0.15, 0.2) is 78.0 Å². The molecule has 1 fully saturated rings. The number of alkyl halides is 6. The summed E-state index contributed by atoms with van der Waals surface area (Å²) in [6.07, 6.45) is -12.7. The molecule has 0 radical (unpaired) electrons. The van der Waals surface area contributed by atoms with Gasteiger partial charge in [-0.05, 0) is 53.4 Å². The Bertz CT molecular complexity index is 1830. The zero-order chi connectivity index (χ0) is 34.8. The Morgan fingerprint density at radius 1 is 1.04 bits per heavy atom. The fourth-order valence-corrected chi connectivity index (χ4v) is 5.48. The second-order valence-electron chi connectivity index (χ2n) is 10.6. The lowest BCUT2D eigenvalue weighted by Crippen LogP contribution is -2.41. The van der Waals surface area contributed by atoms with Crippen LogP contribution in [0.2, 0.25) is 5.02 Å². The standard InChI is InChI=1S/C31H24ClF6N5O4S/c1-17(2)23-12-7-20(32)13-25(23)43-26(44)15-48-28(43)40-29(45)46-14-24(33)18-3-5-19(6-4-18)27-39-16-42(41-27)21-8-10-22(11-9-21)47-31(37,38)30(34,35)36/h3-13,16-17,24H,14-15H2,1-2H3/b40-28-. The molecule has 1 aliphatic heterocycles. The molecular weight excluding hydrogens is 688 g/mol. The SMILES string of the molecule is CC(C)c1ccc(Cl)cc1N1C(=O)CS/C1=N\C(=O)OCC(F)c1ccc(-c2ncn(-c3ccc(OC(F)(F)C(F)(F)F)cc3)n2)cc1. The molecule has 1 aliphatic rings. The number of carbonyl (C=O) groups excluding carboxylic acids is 2. The molecule has 9 nitrogen and oxygen atoms in total. The first-order valence-corrected chi connectivity index (χ1v) is 15.4. The van der Waals surface area contributed by atoms with Gasteiger partial charge in [0.25, 0.3) is 0 Å². The fourth-order valence-electron chi connectivity index (χ4n) is 4.46. The van der Waals surface area contributed by atoms with Crippen LogP contribution in [-0.2, 0) is 9.53 Å². The van der Waals surface area contributed by atoms with Gasteiger partial charge in [-0.3, -0.25) is 9.69 Å². The first-order valence-electron chi connectivity index (χ1n) is 14.0. The van der Waals surface area contributed by atoms with Gasteiger partial charge in [0.05, 0.1) is 17.1 Å². The lowest BCUT2D eigenvalue weighted by molar-refractivity contribution is -0.360. The number of aromatic nitrogens is 3. The zero-order valence-corrected chi connectivity index (χ0v) is 26.5. The molecule has 0 spiro atoms. The Morgan fingerprint density at radius 2 is 1.73 bits per heavy atom. The molecule has 2 heterocycles. The Balaban J connectivity index is 1.20. The quantitative estimate of drug-likeness (QED) is 0.161. The van der Waals surface area contributed by atoms with Crippen molar-refractivity contribution in [1.29, 1.82) is 0 Å². The number of amides is 2. The highest BCUT2D eigenvalue weighted by Gasteiger charge is 2.61. The molecule has 4 aromatic rings. The summed E-state index contributed by atoms with van der Waals surface area (Å²) in [6.45, 7) is 3.25. The maximum absolute atomic E-state index is 15.0. The number of carbonyl (C=O) groups is 2. The summed E-state index contributed by atoms with van der Waals surface area (Å²) in [7, 11) is 0. The lowest BCUT2D eigenvalue weighted by atomic mass is 10.0. The summed E-state index contributed by atoms with van der Waals surface area (Å²) in [4.78, 5) is 34.6. The minimum Gasteiger partial charge on any atom is -0.444 e. The van der Waals surface area contributed by atoms with Crippen molar-refractivity contribution in [2.75, 3.05) is 17.3 Å². The Hall–Kier alpha value is -4.57. The van der Waals surface area contributed by atoms with E-state index >= 15 is 0 Å². The first kappa shape index (κ1) is 34.8. The van der Waals surface area contributed by atoms with E-state index in [9.17, 15) is 35.9 Å². The molecule has 5 rings (SSSR count). The van der Waals surface area contributed by atoms with Crippen molar-refractivity contribution in [2.24, 2.45) is 4.99 Å². The molecule has 2 amide bonds. The number of ether oxygens (including phenoxy) is 2. The highest BCUT2D eigenvalue weighted by molar-refractivity contribution is 8.15. The summed E-state index contributed by atoms with van der Waals surface area (Å²) in [6, 6.07) is 15.3. The van der Waals surface area contributed by atoms with Crippen LogP contribution in [0.25, 0.3) is 17.1 Å². The van der Waals surface area contributed by atoms with Crippen LogP contribution in [-0.4, -0.2) is 56.6 Å². The van der Waals surface area contributed by atoms with E-state index in [0.717, 1.165) is 29.5 Å². The van der Waals surface area contributed by atoms with Gasteiger partial charge in [-0.1, -0.05) is 67.5 Å². The first-order chi connectivity index (χ1) is 22.6. The third-order valence-electron chi connectivity index (χ3n) is 6.86. The van der Waals surface area contributed by atoms with E-state index < -0.39 is 36.9 Å². The summed E-state index contributed by atoms with van der Waals surface area (Å²) in [5.74, 6) is -0.697. The number of nitrogens with zero attached hydrogens (tertiary/aromatic N) is 5. The molecule has 0 bridgehead atoms. The number of benzene rings is 3. The number of aliphatic imine (C=N–C) groups is 1. The van der Waals surface area contributed by atoms with E-state index in [2.05, 4.69) is 19.8 Å². The van der Waals surface area contributed by atoms with Crippen LogP contribution in [0.5, 0.6) is 5.75 Å². The van der Waals surface area contributed by atoms with Crippen LogP contribution in [0.1, 0.15) is 37.1 Å². The van der Waals surface area contributed by atoms with Gasteiger partial charge in [-0.25, -0.2) is 18.9 Å². The molecule has 252 valence electrons. The molecule has 1 unspecified atom stereocenters. The van der Waals surface area contributed by atoms with Crippen molar-refractivity contribution < 1.29 is 45.4 Å². The molecular formula is C31H24ClF6N5O4S. The summed E-state index contributed by atoms with van der Waals surface area (Å²) < 4.78 is 88.5. The predicted molar refractivity (Wildman–Crippen MR) is 167 cm³/mol. The number of thioether (sulfide) groups is 1. The second-order valence-corrected chi connectivity index (χ2v) is 11.9. The molecule has 0 saturated carbocycles. The number of rotatable bonds is 9. The van der Waals surface area contributed by atoms with Crippen LogP contribution in [0.4, 0.5) is 36.8 Å². The predicted octanol–water partition coefficient (Wildman–Crippen LogP) is 8.53. The van der Waals surface area contributed by atoms with Crippen LogP contribution < -0.4 is 9.64 Å². The highest BCUT2D eigenvalue weighted by atomic mass is 35.5. The molecule has 3 aromatic carbocycles. The Morgan fingerprint density at radius 3 is 2.38 bits per heavy atom. The van der Waals surface area contributed by atoms with Crippen molar-refractivity contribution in [3.05, 3.63) is 89.2 Å². The highest BCUT2D eigenvalue weighted by Crippen LogP contribution is 2.38. The van der Waals surface area contributed by atoms with Gasteiger partial charge in [0.2, 0.25) is 5.91 Å². The molecule has 17 heteroatoms. The van der Waals surface area contributed by atoms with Crippen molar-refractivity contribution in [3.8, 4) is 22.8 Å². The minimum atomic E-state index is -5.88. The van der Waals surface area contributed by atoms with Gasteiger partial charge in [0, 0.05) is 10.6 Å². The number of amidine groups is 1. The van der Waals surface area contributed by atoms with Crippen LogP contribution >= 0.6 is 23.4 Å². The van der Waals surface area contributed by atoms with E-state index in [-0.39, 0.29) is 34.1 Å². The van der Waals surface area contributed by atoms with Crippen molar-refractivity contribution in [3.63, 3.8) is 0 Å². The molecule has 0 N–H and O–H groups in total. The number of anilines is 1. The van der Waals surface area contributed by atoms with Gasteiger partial charge < -0.3 is 9.47 Å². The minimum absolute atomic E-state index is 0.0460. The lowest BCUT2D eigenvalue weighted by Gasteiger charge is -2.21. The van der Waals surface area contributed by atoms with Gasteiger partial charge in [-0.15, -0.1) is 5.10 Å². The van der Waals surface area contributed by atoms with E-state index in [4.69, 9.17) is 16.3 Å². The average Bonchev–Trinajstić information content (AvgIpc) is 3.66. The molecule has 48 heavy (non-hydrogen) atoms. The third kappa shape index (κ3) is 7.76. The van der Waals surface area contributed by atoms with Crippen molar-refractivity contribution in [1.82, 2.24) is 14.8 Å². The maximum atomic E-state index is 15.0. The summed E-state index contributed by atoms with van der Waals surface area (Å²) in [5.41, 5.74) is 2.27. The Kier molecular flexibility index (Phi) is 10.1. The van der Waals surface area contributed by atoms with Gasteiger partial charge in [0.15, 0.2) is 17.2 Å². The van der Waals surface area contributed by atoms with E-state index in [1.54, 1.807) is 18.2 Å². The monoisotopic (exact) mass is 711 g/mol. The zero-order valence-electron chi connectivity index (χ0n) is 24.9. The fraction of sp³-hybridized carbons (Fsp3) is 0.258. The van der Waals surface area contributed by atoms with Crippen molar-refractivity contribution >= 4 is 46.2 Å². The summed E-state index contributed by atoms with van der Waals surface area (Å²) in [5, 5.41) is 4.74. The smallest absolute Gasteiger partial charge is 0.444 e. The topological polar surface area (TPSA) is 98.9 Å². The van der Waals surface area contributed by atoms with Gasteiger partial charge in [-0.2, -0.15) is 26.9 Å². The maximum Gasteiger partial charge on any atom is 0.499 e. The third-order valence-corrected chi connectivity index (χ3v) is 8.02. The second kappa shape index (κ2) is 13.9. The van der Waals surface area contributed by atoms with Gasteiger partial charge in [0.1, 0.15) is 18.7 Å². The number of halogens is 7. The molecule has 1 saturated heterocycles. The van der Waals surface area contributed by atoms with E-state index in [1.807, 2.05) is 13.8 Å². The van der Waals surface area contributed by atoms with Crippen molar-refractivity contribution in [2.45, 2.75) is 38.2 Å². The normalized spacial score (nSPS) is 15.3. The van der Waals surface area contributed by atoms with Crippen LogP contribution in [0.3, 0.4) is 0 Å². The molecule has 1 atom stereocenters. The molecule has 0 aliphatic carbocycles. The number of hydrogen-bond acceptors (Lipinski definition) is 7. The summed E-state index contributed by atoms with van der Waals surface area (Å²) >= 11 is 7.22. The van der Waals surface area contributed by atoms with E-state index in [1.165, 1.54) is 52.3 Å². The number of hydrogen-bond donors (Lipinski definition) is 0. The largest absolute Gasteiger partial charge is 0.499 e. The van der Waals surface area contributed by atoms with Crippen LogP contribution in [0, 0.1) is 0 Å². The van der Waals surface area contributed by atoms with Gasteiger partial charge >= 0.3 is 18.4 Å². The molecule has 1 aromatic heterocycles. The Labute approximate surface area is 278 Å².